The Balaban J connectivity index is 3.61. The molecule has 0 aliphatic carbocycles. The Morgan fingerprint density at radius 3 is 1.83 bits per heavy atom. The van der Waals surface area contributed by atoms with Crippen molar-refractivity contribution >= 4 is 0 Å². The van der Waals surface area contributed by atoms with Gasteiger partial charge < -0.3 is 4.90 Å². The molecule has 0 saturated heterocycles. The van der Waals surface area contributed by atoms with Crippen molar-refractivity contribution in [2.45, 2.75) is 47.0 Å². The first-order valence-corrected chi connectivity index (χ1v) is 5.46. The fourth-order valence-corrected chi connectivity index (χ4v) is 1.50. The van der Waals surface area contributed by atoms with Crippen LogP contribution >= 0.6 is 0 Å². The van der Waals surface area contributed by atoms with E-state index in [-0.39, 0.29) is 0 Å². The summed E-state index contributed by atoms with van der Waals surface area (Å²) in [5.41, 5.74) is 0. The number of hydrogen-bond donors (Lipinski definition) is 0. The number of rotatable bonds is 7. The van der Waals surface area contributed by atoms with E-state index in [9.17, 15) is 0 Å². The van der Waals surface area contributed by atoms with Crippen molar-refractivity contribution in [3.8, 4) is 0 Å². The van der Waals surface area contributed by atoms with Gasteiger partial charge in [-0.3, -0.25) is 0 Å². The highest BCUT2D eigenvalue weighted by Gasteiger charge is 2.06. The van der Waals surface area contributed by atoms with E-state index in [1.165, 1.54) is 38.9 Å². The molecular weight excluding hydrogens is 146 g/mol. The maximum absolute atomic E-state index is 2.59. The Kier molecular flexibility index (Phi) is 7.58. The first kappa shape index (κ1) is 12.0. The van der Waals surface area contributed by atoms with Gasteiger partial charge in [0.25, 0.3) is 0 Å². The van der Waals surface area contributed by atoms with Crippen LogP contribution in [0.3, 0.4) is 0 Å². The minimum Gasteiger partial charge on any atom is -0.303 e. The van der Waals surface area contributed by atoms with Gasteiger partial charge in [-0.2, -0.15) is 0 Å². The van der Waals surface area contributed by atoms with Crippen LogP contribution in [-0.2, 0) is 0 Å². The molecule has 0 bridgehead atoms. The van der Waals surface area contributed by atoms with E-state index in [2.05, 4.69) is 32.6 Å². The Morgan fingerprint density at radius 2 is 1.50 bits per heavy atom. The van der Waals surface area contributed by atoms with Crippen molar-refractivity contribution in [3.05, 3.63) is 0 Å². The lowest BCUT2D eigenvalue weighted by Crippen LogP contribution is -2.29. The van der Waals surface area contributed by atoms with Crippen LogP contribution in [0.4, 0.5) is 0 Å². The highest BCUT2D eigenvalue weighted by Crippen LogP contribution is 2.05. The van der Waals surface area contributed by atoms with E-state index in [0.717, 1.165) is 5.92 Å². The van der Waals surface area contributed by atoms with Crippen LogP contribution in [0.15, 0.2) is 0 Å². The van der Waals surface area contributed by atoms with Crippen LogP contribution in [0.25, 0.3) is 0 Å². The van der Waals surface area contributed by atoms with Crippen molar-refractivity contribution < 1.29 is 0 Å². The van der Waals surface area contributed by atoms with Gasteiger partial charge in [-0.1, -0.05) is 34.1 Å². The second-order valence-electron chi connectivity index (χ2n) is 3.81. The van der Waals surface area contributed by atoms with Crippen LogP contribution in [0.5, 0.6) is 0 Å². The summed E-state index contributed by atoms with van der Waals surface area (Å²) in [6.07, 6.45) is 3.89. The summed E-state index contributed by atoms with van der Waals surface area (Å²) < 4.78 is 0. The largest absolute Gasteiger partial charge is 0.303 e. The third-order valence-corrected chi connectivity index (χ3v) is 2.35. The monoisotopic (exact) mass is 171 g/mol. The molecule has 74 valence electrons. The summed E-state index contributed by atoms with van der Waals surface area (Å²) in [6, 6.07) is 0. The molecule has 0 rings (SSSR count). The van der Waals surface area contributed by atoms with Gasteiger partial charge in [0.1, 0.15) is 0 Å². The van der Waals surface area contributed by atoms with Gasteiger partial charge in [0.05, 0.1) is 0 Å². The molecule has 0 radical (unpaired) electrons. The second-order valence-corrected chi connectivity index (χ2v) is 3.81. The summed E-state index contributed by atoms with van der Waals surface area (Å²) in [4.78, 5) is 2.59. The van der Waals surface area contributed by atoms with Gasteiger partial charge in [-0.25, -0.2) is 0 Å². The van der Waals surface area contributed by atoms with Gasteiger partial charge in [0, 0.05) is 6.54 Å². The third-order valence-electron chi connectivity index (χ3n) is 2.35. The minimum absolute atomic E-state index is 0.864. The number of nitrogens with zero attached hydrogens (tertiary/aromatic N) is 1. The SMILES string of the molecule is CCCN(CCC)CC(C)CC. The van der Waals surface area contributed by atoms with Crippen molar-refractivity contribution in [2.24, 2.45) is 5.92 Å². The molecule has 0 aromatic heterocycles. The van der Waals surface area contributed by atoms with Crippen LogP contribution in [0.2, 0.25) is 0 Å². The second kappa shape index (κ2) is 7.60. The molecule has 1 heteroatoms. The summed E-state index contributed by atoms with van der Waals surface area (Å²) in [7, 11) is 0. The lowest BCUT2D eigenvalue weighted by Gasteiger charge is -2.23. The molecule has 0 saturated carbocycles. The molecule has 0 aliphatic heterocycles. The van der Waals surface area contributed by atoms with E-state index < -0.39 is 0 Å². The normalized spacial score (nSPS) is 13.8. The van der Waals surface area contributed by atoms with Gasteiger partial charge in [0.15, 0.2) is 0 Å². The summed E-state index contributed by atoms with van der Waals surface area (Å²) in [5.74, 6) is 0.864. The van der Waals surface area contributed by atoms with Gasteiger partial charge in [-0.05, 0) is 31.8 Å². The topological polar surface area (TPSA) is 3.24 Å². The molecule has 0 spiro atoms. The Morgan fingerprint density at radius 1 is 1.00 bits per heavy atom. The Bertz CT molecular complexity index is 85.0. The van der Waals surface area contributed by atoms with Crippen molar-refractivity contribution in [3.63, 3.8) is 0 Å². The van der Waals surface area contributed by atoms with Crippen molar-refractivity contribution in [1.29, 1.82) is 0 Å². The molecule has 12 heavy (non-hydrogen) atoms. The predicted molar refractivity (Wildman–Crippen MR) is 56.5 cm³/mol. The maximum Gasteiger partial charge on any atom is 0.000691 e. The molecular formula is C11H25N. The van der Waals surface area contributed by atoms with Gasteiger partial charge in [0.2, 0.25) is 0 Å². The van der Waals surface area contributed by atoms with Crippen molar-refractivity contribution in [1.82, 2.24) is 4.90 Å². The molecule has 0 aromatic rings. The zero-order valence-corrected chi connectivity index (χ0v) is 9.27. The standard InChI is InChI=1S/C11H25N/c1-5-8-12(9-6-2)10-11(4)7-3/h11H,5-10H2,1-4H3. The van der Waals surface area contributed by atoms with E-state index in [0.29, 0.717) is 0 Å². The fourth-order valence-electron chi connectivity index (χ4n) is 1.50. The quantitative estimate of drug-likeness (QED) is 0.569. The summed E-state index contributed by atoms with van der Waals surface area (Å²) in [5, 5.41) is 0. The molecule has 1 unspecified atom stereocenters. The minimum atomic E-state index is 0.864. The van der Waals surface area contributed by atoms with Gasteiger partial charge >= 0.3 is 0 Å². The average molecular weight is 171 g/mol. The summed E-state index contributed by atoms with van der Waals surface area (Å²) in [6.45, 7) is 13.0. The molecule has 0 N–H and O–H groups in total. The maximum atomic E-state index is 2.59. The summed E-state index contributed by atoms with van der Waals surface area (Å²) >= 11 is 0. The van der Waals surface area contributed by atoms with E-state index in [1.807, 2.05) is 0 Å². The molecule has 0 heterocycles. The molecule has 0 aromatic carbocycles. The first-order valence-electron chi connectivity index (χ1n) is 5.46. The van der Waals surface area contributed by atoms with Gasteiger partial charge in [-0.15, -0.1) is 0 Å². The predicted octanol–water partition coefficient (Wildman–Crippen LogP) is 3.15. The highest BCUT2D eigenvalue weighted by molar-refractivity contribution is 4.60. The van der Waals surface area contributed by atoms with Crippen LogP contribution < -0.4 is 0 Å². The molecule has 1 atom stereocenters. The Labute approximate surface area is 78.1 Å². The molecule has 0 amide bonds. The highest BCUT2D eigenvalue weighted by atomic mass is 15.1. The zero-order chi connectivity index (χ0) is 9.40. The average Bonchev–Trinajstić information content (AvgIpc) is 2.05. The molecule has 1 nitrogen and oxygen atoms in total. The van der Waals surface area contributed by atoms with E-state index >= 15 is 0 Å². The van der Waals surface area contributed by atoms with Crippen LogP contribution in [0, 0.1) is 5.92 Å². The lowest BCUT2D eigenvalue weighted by molar-refractivity contribution is 0.235. The zero-order valence-electron chi connectivity index (χ0n) is 9.27. The van der Waals surface area contributed by atoms with Crippen LogP contribution in [-0.4, -0.2) is 24.5 Å². The number of hydrogen-bond acceptors (Lipinski definition) is 1. The van der Waals surface area contributed by atoms with Crippen LogP contribution in [0.1, 0.15) is 47.0 Å². The lowest BCUT2D eigenvalue weighted by atomic mass is 10.1. The molecule has 0 aliphatic rings. The van der Waals surface area contributed by atoms with E-state index in [1.54, 1.807) is 0 Å². The Hall–Kier alpha value is -0.0400. The molecule has 0 fully saturated rings. The van der Waals surface area contributed by atoms with Crippen molar-refractivity contribution in [2.75, 3.05) is 19.6 Å². The third kappa shape index (κ3) is 5.59. The first-order chi connectivity index (χ1) is 5.74. The fraction of sp³-hybridized carbons (Fsp3) is 1.00. The smallest absolute Gasteiger partial charge is 0.000691 e. The van der Waals surface area contributed by atoms with E-state index in [4.69, 9.17) is 0 Å².